The molecule has 0 aromatic heterocycles. The first-order chi connectivity index (χ1) is 10.1. The van der Waals surface area contributed by atoms with E-state index in [1.165, 1.54) is 6.07 Å². The van der Waals surface area contributed by atoms with Crippen LogP contribution in [0, 0.1) is 23.1 Å². The molecule has 0 saturated heterocycles. The molecule has 0 heterocycles. The Morgan fingerprint density at radius 2 is 1.95 bits per heavy atom. The van der Waals surface area contributed by atoms with Gasteiger partial charge in [0.25, 0.3) is 0 Å². The smallest absolute Gasteiger partial charge is 0.387 e. The predicted molar refractivity (Wildman–Crippen MR) is 70.1 cm³/mol. The summed E-state index contributed by atoms with van der Waals surface area (Å²) in [7, 11) is 0. The Labute approximate surface area is 124 Å². The van der Waals surface area contributed by atoms with Crippen LogP contribution < -0.4 is 10.1 Å². The maximum atomic E-state index is 13.5. The number of anilines is 1. The van der Waals surface area contributed by atoms with Gasteiger partial charge in [0.15, 0.2) is 11.6 Å². The Balaban J connectivity index is 2.07. The summed E-state index contributed by atoms with van der Waals surface area (Å²) >= 11 is 0. The molecule has 22 heavy (non-hydrogen) atoms. The van der Waals surface area contributed by atoms with Gasteiger partial charge in [-0.2, -0.15) is 8.78 Å². The summed E-state index contributed by atoms with van der Waals surface area (Å²) in [6.07, 6.45) is 0. The maximum Gasteiger partial charge on any atom is 0.387 e. The van der Waals surface area contributed by atoms with Crippen LogP contribution in [0.15, 0.2) is 18.2 Å². The van der Waals surface area contributed by atoms with Crippen LogP contribution in [0.2, 0.25) is 0 Å². The fourth-order valence-electron chi connectivity index (χ4n) is 2.58. The van der Waals surface area contributed by atoms with Gasteiger partial charge in [-0.05, 0) is 17.5 Å². The minimum Gasteiger partial charge on any atom is -0.481 e. The van der Waals surface area contributed by atoms with Crippen molar-refractivity contribution in [3.05, 3.63) is 24.0 Å². The van der Waals surface area contributed by atoms with Gasteiger partial charge in [0.1, 0.15) is 0 Å². The molecule has 1 aliphatic carbocycles. The third kappa shape index (κ3) is 3.00. The van der Waals surface area contributed by atoms with Crippen molar-refractivity contribution in [3.8, 4) is 5.75 Å². The zero-order valence-electron chi connectivity index (χ0n) is 11.8. The Morgan fingerprint density at radius 3 is 2.41 bits per heavy atom. The van der Waals surface area contributed by atoms with Crippen molar-refractivity contribution in [2.75, 3.05) is 5.32 Å². The van der Waals surface area contributed by atoms with Crippen molar-refractivity contribution < 1.29 is 32.6 Å². The van der Waals surface area contributed by atoms with Gasteiger partial charge >= 0.3 is 12.6 Å². The minimum atomic E-state index is -3.15. The zero-order valence-corrected chi connectivity index (χ0v) is 11.8. The van der Waals surface area contributed by atoms with Crippen molar-refractivity contribution in [1.82, 2.24) is 0 Å². The normalized spacial score (nSPS) is 22.3. The number of alkyl halides is 2. The molecule has 8 heteroatoms. The van der Waals surface area contributed by atoms with Gasteiger partial charge in [0.05, 0.1) is 11.8 Å². The number of halogens is 3. The number of hydrogen-bond acceptors (Lipinski definition) is 3. The molecule has 2 N–H and O–H groups in total. The van der Waals surface area contributed by atoms with E-state index in [1.807, 2.05) is 0 Å². The van der Waals surface area contributed by atoms with Crippen LogP contribution in [-0.4, -0.2) is 23.6 Å². The van der Waals surface area contributed by atoms with Crippen LogP contribution in [0.4, 0.5) is 18.9 Å². The first kappa shape index (κ1) is 16.1. The molecule has 2 rings (SSSR count). The van der Waals surface area contributed by atoms with Gasteiger partial charge < -0.3 is 15.2 Å². The number of hydrogen-bond donors (Lipinski definition) is 2. The second-order valence-electron chi connectivity index (χ2n) is 5.63. The number of carboxylic acid groups (broad SMARTS) is 1. The predicted octanol–water partition coefficient (Wildman–Crippen LogP) is 2.72. The van der Waals surface area contributed by atoms with Crippen molar-refractivity contribution in [2.24, 2.45) is 17.3 Å². The average molecular weight is 317 g/mol. The van der Waals surface area contributed by atoms with Gasteiger partial charge in [0, 0.05) is 11.8 Å². The number of benzene rings is 1. The van der Waals surface area contributed by atoms with Crippen molar-refractivity contribution >= 4 is 17.6 Å². The summed E-state index contributed by atoms with van der Waals surface area (Å²) in [5.74, 6) is -4.86. The monoisotopic (exact) mass is 317 g/mol. The Hall–Kier alpha value is -2.25. The van der Waals surface area contributed by atoms with E-state index >= 15 is 0 Å². The lowest BCUT2D eigenvalue weighted by molar-refractivity contribution is -0.140. The van der Waals surface area contributed by atoms with Gasteiger partial charge in [-0.1, -0.05) is 13.8 Å². The lowest BCUT2D eigenvalue weighted by Gasteiger charge is -2.09. The van der Waals surface area contributed by atoms with Crippen LogP contribution in [0.1, 0.15) is 13.8 Å². The molecule has 0 spiro atoms. The fraction of sp³-hybridized carbons (Fsp3) is 0.429. The molecule has 1 amide bonds. The highest BCUT2D eigenvalue weighted by molar-refractivity contribution is 5.99. The SMILES string of the molecule is CC1(C)[C@H](C(=O)O)[C@@H]1C(=O)Nc1ccc(OC(F)F)c(F)c1. The summed E-state index contributed by atoms with van der Waals surface area (Å²) < 4.78 is 41.5. The summed E-state index contributed by atoms with van der Waals surface area (Å²) in [6, 6.07) is 2.99. The van der Waals surface area contributed by atoms with Crippen LogP contribution in [0.3, 0.4) is 0 Å². The highest BCUT2D eigenvalue weighted by Crippen LogP contribution is 2.58. The molecule has 1 saturated carbocycles. The largest absolute Gasteiger partial charge is 0.481 e. The highest BCUT2D eigenvalue weighted by Gasteiger charge is 2.65. The molecule has 1 aromatic carbocycles. The van der Waals surface area contributed by atoms with Crippen LogP contribution in [-0.2, 0) is 9.59 Å². The van der Waals surface area contributed by atoms with E-state index in [4.69, 9.17) is 5.11 Å². The third-order valence-electron chi connectivity index (χ3n) is 3.79. The summed E-state index contributed by atoms with van der Waals surface area (Å²) in [6.45, 7) is 0.144. The van der Waals surface area contributed by atoms with Gasteiger partial charge in [-0.25, -0.2) is 4.39 Å². The molecule has 2 atom stereocenters. The molecule has 0 aliphatic heterocycles. The van der Waals surface area contributed by atoms with Crippen LogP contribution in [0.25, 0.3) is 0 Å². The second kappa shape index (κ2) is 5.51. The van der Waals surface area contributed by atoms with E-state index in [0.29, 0.717) is 0 Å². The maximum absolute atomic E-state index is 13.5. The number of ether oxygens (including phenoxy) is 1. The Morgan fingerprint density at radius 1 is 1.32 bits per heavy atom. The average Bonchev–Trinajstić information content (AvgIpc) is 2.95. The Kier molecular flexibility index (Phi) is 4.04. The molecule has 1 aliphatic rings. The van der Waals surface area contributed by atoms with E-state index in [2.05, 4.69) is 10.1 Å². The molecular formula is C14H14F3NO4. The number of carbonyl (C=O) groups excluding carboxylic acids is 1. The lowest BCUT2D eigenvalue weighted by atomic mass is 10.1. The van der Waals surface area contributed by atoms with Gasteiger partial charge in [-0.15, -0.1) is 0 Å². The van der Waals surface area contributed by atoms with Crippen LogP contribution >= 0.6 is 0 Å². The molecule has 0 radical (unpaired) electrons. The summed E-state index contributed by atoms with van der Waals surface area (Å²) in [4.78, 5) is 23.0. The molecular weight excluding hydrogens is 303 g/mol. The number of nitrogens with one attached hydrogen (secondary N) is 1. The number of carboxylic acids is 1. The molecule has 0 unspecified atom stereocenters. The molecule has 1 fully saturated rings. The third-order valence-corrected chi connectivity index (χ3v) is 3.79. The molecule has 5 nitrogen and oxygen atoms in total. The van der Waals surface area contributed by atoms with Crippen molar-refractivity contribution in [3.63, 3.8) is 0 Å². The topological polar surface area (TPSA) is 75.6 Å². The fourth-order valence-corrected chi connectivity index (χ4v) is 2.58. The summed E-state index contributed by atoms with van der Waals surface area (Å²) in [5.41, 5.74) is -0.649. The number of aliphatic carboxylic acids is 1. The molecule has 1 aromatic rings. The summed E-state index contributed by atoms with van der Waals surface area (Å²) in [5, 5.41) is 11.4. The second-order valence-corrected chi connectivity index (χ2v) is 5.63. The minimum absolute atomic E-state index is 0.0379. The van der Waals surface area contributed by atoms with E-state index in [9.17, 15) is 22.8 Å². The number of rotatable bonds is 5. The van der Waals surface area contributed by atoms with E-state index in [-0.39, 0.29) is 5.69 Å². The number of carbonyl (C=O) groups is 2. The quantitative estimate of drug-likeness (QED) is 0.875. The zero-order chi connectivity index (χ0) is 16.7. The standard InChI is InChI=1S/C14H14F3NO4/c1-14(2)9(10(14)12(20)21)11(19)18-6-3-4-8(7(15)5-6)22-13(16)17/h3-5,9-10,13H,1-2H3,(H,18,19)(H,20,21)/t9-,10+/m1/s1. The van der Waals surface area contributed by atoms with Crippen LogP contribution in [0.5, 0.6) is 5.75 Å². The van der Waals surface area contributed by atoms with Gasteiger partial charge in [-0.3, -0.25) is 9.59 Å². The first-order valence-electron chi connectivity index (χ1n) is 6.42. The van der Waals surface area contributed by atoms with E-state index in [0.717, 1.165) is 12.1 Å². The van der Waals surface area contributed by atoms with Gasteiger partial charge in [0.2, 0.25) is 5.91 Å². The van der Waals surface area contributed by atoms with Crippen molar-refractivity contribution in [1.29, 1.82) is 0 Å². The highest BCUT2D eigenvalue weighted by atomic mass is 19.3. The van der Waals surface area contributed by atoms with E-state index < -0.39 is 47.3 Å². The first-order valence-corrected chi connectivity index (χ1v) is 6.42. The van der Waals surface area contributed by atoms with Crippen molar-refractivity contribution in [2.45, 2.75) is 20.5 Å². The molecule has 120 valence electrons. The van der Waals surface area contributed by atoms with E-state index in [1.54, 1.807) is 13.8 Å². The Bertz CT molecular complexity index is 618. The number of amides is 1. The molecule has 0 bridgehead atoms. The lowest BCUT2D eigenvalue weighted by Crippen LogP contribution is -2.18.